The number of hydrogen-bond acceptors (Lipinski definition) is 2. The summed E-state index contributed by atoms with van der Waals surface area (Å²) in [7, 11) is 1.55. The Bertz CT molecular complexity index is 426. The maximum absolute atomic E-state index is 13.1. The SMILES string of the molecule is COC(CNC(=O)CC(C)(C)C)c1cccc(F)c1. The zero-order valence-corrected chi connectivity index (χ0v) is 12.0. The van der Waals surface area contributed by atoms with E-state index in [0.29, 0.717) is 13.0 Å². The number of hydrogen-bond donors (Lipinski definition) is 1. The fraction of sp³-hybridized carbons (Fsp3) is 0.533. The van der Waals surface area contributed by atoms with E-state index >= 15 is 0 Å². The van der Waals surface area contributed by atoms with E-state index in [2.05, 4.69) is 5.32 Å². The predicted octanol–water partition coefficient (Wildman–Crippen LogP) is 3.07. The van der Waals surface area contributed by atoms with Gasteiger partial charge in [-0.15, -0.1) is 0 Å². The van der Waals surface area contributed by atoms with Gasteiger partial charge in [-0.1, -0.05) is 32.9 Å². The highest BCUT2D eigenvalue weighted by Gasteiger charge is 2.17. The molecule has 0 saturated heterocycles. The molecule has 0 saturated carbocycles. The average Bonchev–Trinajstić information content (AvgIpc) is 2.27. The van der Waals surface area contributed by atoms with Crippen molar-refractivity contribution in [2.75, 3.05) is 13.7 Å². The number of rotatable bonds is 5. The minimum absolute atomic E-state index is 0.0223. The molecule has 106 valence electrons. The second kappa shape index (κ2) is 6.66. The molecule has 1 rings (SSSR count). The van der Waals surface area contributed by atoms with Crippen LogP contribution in [-0.4, -0.2) is 19.6 Å². The molecule has 0 aliphatic heterocycles. The van der Waals surface area contributed by atoms with Crippen LogP contribution in [0.25, 0.3) is 0 Å². The van der Waals surface area contributed by atoms with Crippen LogP contribution in [-0.2, 0) is 9.53 Å². The lowest BCUT2D eigenvalue weighted by Gasteiger charge is -2.20. The zero-order valence-electron chi connectivity index (χ0n) is 12.0. The van der Waals surface area contributed by atoms with Crippen molar-refractivity contribution in [1.29, 1.82) is 0 Å². The van der Waals surface area contributed by atoms with Crippen LogP contribution < -0.4 is 5.32 Å². The molecule has 0 fully saturated rings. The van der Waals surface area contributed by atoms with E-state index in [4.69, 9.17) is 4.74 Å². The van der Waals surface area contributed by atoms with E-state index in [1.165, 1.54) is 12.1 Å². The number of ether oxygens (including phenoxy) is 1. The monoisotopic (exact) mass is 267 g/mol. The number of carbonyl (C=O) groups is 1. The van der Waals surface area contributed by atoms with Crippen LogP contribution in [0.5, 0.6) is 0 Å². The molecule has 1 aromatic carbocycles. The summed E-state index contributed by atoms with van der Waals surface area (Å²) in [5.74, 6) is -0.327. The highest BCUT2D eigenvalue weighted by Crippen LogP contribution is 2.19. The van der Waals surface area contributed by atoms with Gasteiger partial charge in [0.1, 0.15) is 5.82 Å². The van der Waals surface area contributed by atoms with Crippen LogP contribution in [0.15, 0.2) is 24.3 Å². The summed E-state index contributed by atoms with van der Waals surface area (Å²) < 4.78 is 18.4. The number of carbonyl (C=O) groups excluding carboxylic acids is 1. The summed E-state index contributed by atoms with van der Waals surface area (Å²) in [6.45, 7) is 6.36. The summed E-state index contributed by atoms with van der Waals surface area (Å²) >= 11 is 0. The van der Waals surface area contributed by atoms with Gasteiger partial charge < -0.3 is 10.1 Å². The quantitative estimate of drug-likeness (QED) is 0.890. The third-order valence-electron chi connectivity index (χ3n) is 2.68. The maximum atomic E-state index is 13.1. The number of benzene rings is 1. The molecular formula is C15H22FNO2. The van der Waals surface area contributed by atoms with E-state index in [1.54, 1.807) is 19.2 Å². The van der Waals surface area contributed by atoms with Crippen LogP contribution in [0.4, 0.5) is 4.39 Å². The molecule has 0 radical (unpaired) electrons. The summed E-state index contributed by atoms with van der Waals surface area (Å²) in [4.78, 5) is 11.7. The summed E-state index contributed by atoms with van der Waals surface area (Å²) in [5, 5.41) is 2.82. The normalized spacial score (nSPS) is 13.1. The zero-order chi connectivity index (χ0) is 14.5. The molecular weight excluding hydrogens is 245 g/mol. The van der Waals surface area contributed by atoms with Gasteiger partial charge in [-0.05, 0) is 23.1 Å². The van der Waals surface area contributed by atoms with Crippen molar-refractivity contribution in [3.8, 4) is 0 Å². The largest absolute Gasteiger partial charge is 0.375 e. The van der Waals surface area contributed by atoms with Crippen molar-refractivity contribution in [1.82, 2.24) is 5.32 Å². The summed E-state index contributed by atoms with van der Waals surface area (Å²) in [6.07, 6.45) is 0.117. The highest BCUT2D eigenvalue weighted by molar-refractivity contribution is 5.76. The van der Waals surface area contributed by atoms with Crippen molar-refractivity contribution >= 4 is 5.91 Å². The van der Waals surface area contributed by atoms with Gasteiger partial charge in [0.2, 0.25) is 5.91 Å². The van der Waals surface area contributed by atoms with Crippen molar-refractivity contribution < 1.29 is 13.9 Å². The van der Waals surface area contributed by atoms with Crippen molar-refractivity contribution in [3.05, 3.63) is 35.6 Å². The van der Waals surface area contributed by atoms with Gasteiger partial charge in [0.25, 0.3) is 0 Å². The minimum atomic E-state index is -0.334. The van der Waals surface area contributed by atoms with E-state index < -0.39 is 0 Å². The molecule has 1 amide bonds. The fourth-order valence-corrected chi connectivity index (χ4v) is 1.79. The molecule has 0 heterocycles. The first-order chi connectivity index (χ1) is 8.81. The standard InChI is InChI=1S/C15H22FNO2/c1-15(2,3)9-14(18)17-10-13(19-4)11-6-5-7-12(16)8-11/h5-8,13H,9-10H2,1-4H3,(H,17,18). The van der Waals surface area contributed by atoms with Crippen LogP contribution in [0.1, 0.15) is 38.9 Å². The Balaban J connectivity index is 2.56. The first-order valence-electron chi connectivity index (χ1n) is 6.37. The maximum Gasteiger partial charge on any atom is 0.220 e. The Labute approximate surface area is 114 Å². The Hall–Kier alpha value is -1.42. The summed E-state index contributed by atoms with van der Waals surface area (Å²) in [6, 6.07) is 6.22. The number of halogens is 1. The lowest BCUT2D eigenvalue weighted by Crippen LogP contribution is -2.31. The third kappa shape index (κ3) is 5.83. The van der Waals surface area contributed by atoms with Crippen LogP contribution in [0.3, 0.4) is 0 Å². The predicted molar refractivity (Wildman–Crippen MR) is 73.2 cm³/mol. The first kappa shape index (κ1) is 15.6. The lowest BCUT2D eigenvalue weighted by molar-refractivity contribution is -0.123. The topological polar surface area (TPSA) is 38.3 Å². The molecule has 0 spiro atoms. The van der Waals surface area contributed by atoms with Gasteiger partial charge in [0, 0.05) is 20.1 Å². The number of amides is 1. The van der Waals surface area contributed by atoms with Gasteiger partial charge in [-0.3, -0.25) is 4.79 Å². The van der Waals surface area contributed by atoms with E-state index in [1.807, 2.05) is 20.8 Å². The summed E-state index contributed by atoms with van der Waals surface area (Å²) in [5.41, 5.74) is 0.671. The lowest BCUT2D eigenvalue weighted by atomic mass is 9.92. The molecule has 1 atom stereocenters. The third-order valence-corrected chi connectivity index (χ3v) is 2.68. The number of nitrogens with one attached hydrogen (secondary N) is 1. The van der Waals surface area contributed by atoms with Crippen LogP contribution in [0.2, 0.25) is 0 Å². The molecule has 0 aliphatic carbocycles. The van der Waals surface area contributed by atoms with E-state index in [9.17, 15) is 9.18 Å². The fourth-order valence-electron chi connectivity index (χ4n) is 1.79. The van der Waals surface area contributed by atoms with Gasteiger partial charge in [0.15, 0.2) is 0 Å². The molecule has 19 heavy (non-hydrogen) atoms. The Morgan fingerprint density at radius 3 is 2.63 bits per heavy atom. The van der Waals surface area contributed by atoms with Crippen LogP contribution >= 0.6 is 0 Å². The molecule has 1 aromatic rings. The van der Waals surface area contributed by atoms with Crippen molar-refractivity contribution in [3.63, 3.8) is 0 Å². The van der Waals surface area contributed by atoms with Gasteiger partial charge in [-0.25, -0.2) is 4.39 Å². The Kier molecular flexibility index (Phi) is 5.48. The molecule has 0 aromatic heterocycles. The number of methoxy groups -OCH3 is 1. The second-order valence-electron chi connectivity index (χ2n) is 5.82. The van der Waals surface area contributed by atoms with E-state index in [-0.39, 0.29) is 23.2 Å². The first-order valence-corrected chi connectivity index (χ1v) is 6.37. The molecule has 1 unspecified atom stereocenters. The molecule has 1 N–H and O–H groups in total. The molecule has 4 heteroatoms. The van der Waals surface area contributed by atoms with Gasteiger partial charge >= 0.3 is 0 Å². The van der Waals surface area contributed by atoms with Gasteiger partial charge in [-0.2, -0.15) is 0 Å². The molecule has 0 bridgehead atoms. The Morgan fingerprint density at radius 2 is 2.11 bits per heavy atom. The smallest absolute Gasteiger partial charge is 0.220 e. The van der Waals surface area contributed by atoms with Crippen molar-refractivity contribution in [2.24, 2.45) is 5.41 Å². The molecule has 3 nitrogen and oxygen atoms in total. The second-order valence-corrected chi connectivity index (χ2v) is 5.82. The van der Waals surface area contributed by atoms with E-state index in [0.717, 1.165) is 5.56 Å². The van der Waals surface area contributed by atoms with Gasteiger partial charge in [0.05, 0.1) is 6.10 Å². The minimum Gasteiger partial charge on any atom is -0.375 e. The van der Waals surface area contributed by atoms with Crippen molar-refractivity contribution in [2.45, 2.75) is 33.3 Å². The average molecular weight is 267 g/mol. The Morgan fingerprint density at radius 1 is 1.42 bits per heavy atom. The molecule has 0 aliphatic rings. The van der Waals surface area contributed by atoms with Crippen LogP contribution in [0, 0.1) is 11.2 Å². The highest BCUT2D eigenvalue weighted by atomic mass is 19.1.